The molecule has 0 aliphatic rings. The average Bonchev–Trinajstić information content (AvgIpc) is 2.24. The minimum Gasteiger partial charge on any atom is -0.772 e. The molecule has 110 valence electrons. The Kier molecular flexibility index (Phi) is 7.76. The van der Waals surface area contributed by atoms with Crippen LogP contribution < -0.4 is 0 Å². The Balaban J connectivity index is 0.000000555. The predicted octanol–water partition coefficient (Wildman–Crippen LogP) is 2.81. The van der Waals surface area contributed by atoms with Crippen molar-refractivity contribution in [2.75, 3.05) is 0 Å². The van der Waals surface area contributed by atoms with Crippen molar-refractivity contribution in [3.05, 3.63) is 23.8 Å². The van der Waals surface area contributed by atoms with E-state index in [9.17, 15) is 26.0 Å². The molecule has 10 heteroatoms. The smallest absolute Gasteiger partial charge is 0.673 e. The van der Waals surface area contributed by atoms with Gasteiger partial charge in [0.1, 0.15) is 0 Å². The van der Waals surface area contributed by atoms with Crippen molar-refractivity contribution in [2.45, 2.75) is 31.9 Å². The first-order valence-corrected chi connectivity index (χ1v) is 6.53. The summed E-state index contributed by atoms with van der Waals surface area (Å²) < 4.78 is 60.9. The molecule has 1 heterocycles. The maximum atomic E-state index is 11.0. The highest BCUT2D eigenvalue weighted by Gasteiger charge is 2.20. The van der Waals surface area contributed by atoms with Crippen molar-refractivity contribution >= 4 is 18.3 Å². The van der Waals surface area contributed by atoms with Crippen molar-refractivity contribution in [2.24, 2.45) is 0 Å². The Labute approximate surface area is 111 Å². The molecule has 2 atom stereocenters. The van der Waals surface area contributed by atoms with E-state index in [1.807, 2.05) is 6.92 Å². The summed E-state index contributed by atoms with van der Waals surface area (Å²) >= 11 is -2.12. The van der Waals surface area contributed by atoms with Gasteiger partial charge in [0, 0.05) is 12.4 Å². The summed E-state index contributed by atoms with van der Waals surface area (Å²) in [5.41, 5.74) is 1.26. The maximum Gasteiger partial charge on any atom is 0.673 e. The molecule has 4 nitrogen and oxygen atoms in total. The van der Waals surface area contributed by atoms with E-state index in [1.54, 1.807) is 13.1 Å². The van der Waals surface area contributed by atoms with E-state index in [0.717, 1.165) is 6.42 Å². The summed E-state index contributed by atoms with van der Waals surface area (Å²) in [6, 6.07) is 0. The quantitative estimate of drug-likeness (QED) is 0.487. The van der Waals surface area contributed by atoms with Crippen LogP contribution in [0.25, 0.3) is 0 Å². The first kappa shape index (κ1) is 18.0. The lowest BCUT2D eigenvalue weighted by Crippen LogP contribution is -2.10. The van der Waals surface area contributed by atoms with Crippen LogP contribution in [-0.2, 0) is 11.1 Å². The molecule has 0 amide bonds. The molecule has 0 fully saturated rings. The summed E-state index contributed by atoms with van der Waals surface area (Å²) in [4.78, 5) is 8.09. The minimum atomic E-state index is -6.00. The fraction of sp³-hybridized carbons (Fsp3) is 0.556. The van der Waals surface area contributed by atoms with Gasteiger partial charge in [-0.05, 0) is 24.4 Å². The highest BCUT2D eigenvalue weighted by molar-refractivity contribution is 7.79. The Morgan fingerprint density at radius 2 is 1.79 bits per heavy atom. The Morgan fingerprint density at radius 3 is 2.16 bits per heavy atom. The summed E-state index contributed by atoms with van der Waals surface area (Å²) in [7, 11) is -6.00. The number of aromatic nitrogens is 2. The molecular formula is C9H13BF4N2O2S-2. The highest BCUT2D eigenvalue weighted by Crippen LogP contribution is 2.23. The SMILES string of the molecule is CCCC(c1nccnc1C)S(=O)[O-].F[B-](F)(F)F. The van der Waals surface area contributed by atoms with Crippen molar-refractivity contribution in [3.8, 4) is 0 Å². The van der Waals surface area contributed by atoms with Crippen molar-refractivity contribution < 1.29 is 26.0 Å². The van der Waals surface area contributed by atoms with Crippen LogP contribution >= 0.6 is 0 Å². The second-order valence-corrected chi connectivity index (χ2v) is 4.65. The third-order valence-corrected chi connectivity index (χ3v) is 2.93. The zero-order valence-electron chi connectivity index (χ0n) is 10.4. The van der Waals surface area contributed by atoms with E-state index in [-0.39, 0.29) is 0 Å². The van der Waals surface area contributed by atoms with Crippen LogP contribution in [0.2, 0.25) is 0 Å². The number of rotatable bonds is 4. The average molecular weight is 300 g/mol. The molecule has 19 heavy (non-hydrogen) atoms. The van der Waals surface area contributed by atoms with Crippen LogP contribution in [0, 0.1) is 6.92 Å². The van der Waals surface area contributed by atoms with Crippen LogP contribution in [0.3, 0.4) is 0 Å². The Morgan fingerprint density at radius 1 is 1.32 bits per heavy atom. The van der Waals surface area contributed by atoms with Crippen molar-refractivity contribution in [3.63, 3.8) is 0 Å². The fourth-order valence-electron chi connectivity index (χ4n) is 1.32. The monoisotopic (exact) mass is 300 g/mol. The van der Waals surface area contributed by atoms with Gasteiger partial charge in [0.05, 0.1) is 16.6 Å². The van der Waals surface area contributed by atoms with Gasteiger partial charge < -0.3 is 21.8 Å². The second-order valence-electron chi connectivity index (χ2n) is 3.56. The largest absolute Gasteiger partial charge is 0.772 e. The van der Waals surface area contributed by atoms with Gasteiger partial charge in [0.2, 0.25) is 0 Å². The van der Waals surface area contributed by atoms with Gasteiger partial charge in [0.25, 0.3) is 0 Å². The van der Waals surface area contributed by atoms with Gasteiger partial charge in [-0.3, -0.25) is 14.2 Å². The van der Waals surface area contributed by atoms with Gasteiger partial charge in [0.15, 0.2) is 0 Å². The molecule has 0 bridgehead atoms. The summed E-state index contributed by atoms with van der Waals surface area (Å²) in [5, 5.41) is -0.520. The minimum absolute atomic E-state index is 0.520. The van der Waals surface area contributed by atoms with E-state index in [2.05, 4.69) is 9.97 Å². The molecular weight excluding hydrogens is 287 g/mol. The first-order chi connectivity index (χ1) is 8.66. The number of halogens is 4. The zero-order valence-corrected chi connectivity index (χ0v) is 11.2. The van der Waals surface area contributed by atoms with Crippen LogP contribution in [0.15, 0.2) is 12.4 Å². The standard InChI is InChI=1S/C9H14N2O2S.BF4/c1-3-4-8(14(12)13)9-7(2)10-5-6-11-9;2-1(3,4)5/h5-6,8H,3-4H2,1-2H3,(H,12,13);/q;-1/p-1. The van der Waals surface area contributed by atoms with Gasteiger partial charge in [-0.15, -0.1) is 0 Å². The zero-order chi connectivity index (χ0) is 15.1. The van der Waals surface area contributed by atoms with E-state index in [4.69, 9.17) is 0 Å². The molecule has 2 unspecified atom stereocenters. The normalized spacial score (nSPS) is 14.3. The molecule has 1 rings (SSSR count). The van der Waals surface area contributed by atoms with E-state index in [0.29, 0.717) is 17.8 Å². The van der Waals surface area contributed by atoms with E-state index < -0.39 is 23.6 Å². The molecule has 1 aromatic heterocycles. The van der Waals surface area contributed by atoms with Gasteiger partial charge in [-0.2, -0.15) is 0 Å². The molecule has 0 radical (unpaired) electrons. The lowest BCUT2D eigenvalue weighted by Gasteiger charge is -2.19. The Bertz CT molecular complexity index is 413. The number of hydrogen-bond acceptors (Lipinski definition) is 4. The lowest BCUT2D eigenvalue weighted by molar-refractivity contribution is 0.368. The lowest BCUT2D eigenvalue weighted by atomic mass is 10.1. The molecule has 0 saturated heterocycles. The van der Waals surface area contributed by atoms with Crippen LogP contribution in [0.4, 0.5) is 17.3 Å². The molecule has 0 saturated carbocycles. The topological polar surface area (TPSA) is 65.9 Å². The second kappa shape index (κ2) is 8.21. The fourth-order valence-corrected chi connectivity index (χ4v) is 2.16. The predicted molar refractivity (Wildman–Crippen MR) is 63.5 cm³/mol. The van der Waals surface area contributed by atoms with Gasteiger partial charge in [-0.25, -0.2) is 0 Å². The molecule has 0 aliphatic carbocycles. The van der Waals surface area contributed by atoms with Crippen molar-refractivity contribution in [1.29, 1.82) is 0 Å². The summed E-state index contributed by atoms with van der Waals surface area (Å²) in [6.07, 6.45) is 4.50. The van der Waals surface area contributed by atoms with Crippen molar-refractivity contribution in [1.82, 2.24) is 9.97 Å². The molecule has 0 aromatic carbocycles. The number of nitrogens with zero attached hydrogens (tertiary/aromatic N) is 2. The van der Waals surface area contributed by atoms with Gasteiger partial charge in [-0.1, -0.05) is 13.3 Å². The molecule has 1 aromatic rings. The summed E-state index contributed by atoms with van der Waals surface area (Å²) in [5.74, 6) is 0. The molecule has 0 N–H and O–H groups in total. The van der Waals surface area contributed by atoms with E-state index in [1.165, 1.54) is 6.20 Å². The summed E-state index contributed by atoms with van der Waals surface area (Å²) in [6.45, 7) is 3.73. The number of hydrogen-bond donors (Lipinski definition) is 0. The highest BCUT2D eigenvalue weighted by atomic mass is 32.2. The van der Waals surface area contributed by atoms with Crippen LogP contribution in [-0.4, -0.2) is 26.0 Å². The third-order valence-electron chi connectivity index (χ3n) is 2.01. The first-order valence-electron chi connectivity index (χ1n) is 5.39. The maximum absolute atomic E-state index is 11.0. The Hall–Kier alpha value is -1.03. The third kappa shape index (κ3) is 8.65. The van der Waals surface area contributed by atoms with Crippen LogP contribution in [0.1, 0.15) is 36.4 Å². The van der Waals surface area contributed by atoms with Crippen LogP contribution in [0.5, 0.6) is 0 Å². The van der Waals surface area contributed by atoms with Gasteiger partial charge >= 0.3 is 7.25 Å². The number of aryl methyl sites for hydroxylation is 1. The van der Waals surface area contributed by atoms with E-state index >= 15 is 0 Å². The molecule has 0 spiro atoms. The molecule has 0 aliphatic heterocycles.